The second-order valence-electron chi connectivity index (χ2n) is 1.64. The Kier molecular flexibility index (Phi) is 4.29. The van der Waals surface area contributed by atoms with Crippen LogP contribution >= 0.6 is 50.1 Å². The first kappa shape index (κ1) is 11.3. The van der Waals surface area contributed by atoms with Crippen LogP contribution in [-0.2, 0) is 0 Å². The molecule has 0 spiro atoms. The fourth-order valence-electron chi connectivity index (χ4n) is 0.260. The number of hydrogen-bond acceptors (Lipinski definition) is 0. The number of rotatable bonds is 3. The maximum absolute atomic E-state index is 12.6. The summed E-state index contributed by atoms with van der Waals surface area (Å²) < 4.78 is 37.0. The van der Waals surface area contributed by atoms with E-state index in [2.05, 4.69) is 0 Å². The molecule has 0 rings (SSSR count). The molecular weight excluding hydrogens is 347 g/mol. The lowest BCUT2D eigenvalue weighted by atomic mass is 10.3. The van der Waals surface area contributed by atoms with Crippen molar-refractivity contribution < 1.29 is 13.2 Å². The van der Waals surface area contributed by atoms with Crippen LogP contribution in [0.5, 0.6) is 0 Å². The molecule has 0 radical (unpaired) electrons. The number of hydrogen-bond donors (Lipinski definition) is 0. The van der Waals surface area contributed by atoms with Crippen molar-refractivity contribution in [2.75, 3.05) is 4.43 Å². The summed E-state index contributed by atoms with van der Waals surface area (Å²) in [4.78, 5) is -3.65. The normalized spacial score (nSPS) is 18.6. The van der Waals surface area contributed by atoms with E-state index in [1.165, 1.54) is 0 Å². The van der Waals surface area contributed by atoms with Crippen LogP contribution < -0.4 is 0 Å². The molecule has 0 aromatic carbocycles. The Balaban J connectivity index is 4.10. The molecule has 0 N–H and O–H groups in total. The first-order valence-corrected chi connectivity index (χ1v) is 5.01. The molecule has 0 aliphatic heterocycles. The monoisotopic (exact) mass is 350 g/mol. The van der Waals surface area contributed by atoms with Crippen LogP contribution in [0.2, 0.25) is 0 Å². The van der Waals surface area contributed by atoms with E-state index in [1.54, 1.807) is 22.6 Å². The van der Waals surface area contributed by atoms with Crippen molar-refractivity contribution in [1.29, 1.82) is 0 Å². The van der Waals surface area contributed by atoms with Gasteiger partial charge in [0.1, 0.15) is 0 Å². The molecule has 0 amide bonds. The van der Waals surface area contributed by atoms with Gasteiger partial charge in [0.05, 0.1) is 0 Å². The standard InChI is InChI=1S/C4H4BrClF3I/c5-4(8,9)3(6,7)1-2-10/h1-2H2. The van der Waals surface area contributed by atoms with E-state index >= 15 is 0 Å². The average molecular weight is 351 g/mol. The number of halogens is 6. The van der Waals surface area contributed by atoms with E-state index in [0.717, 1.165) is 0 Å². The summed E-state index contributed by atoms with van der Waals surface area (Å²) in [6, 6.07) is 0. The van der Waals surface area contributed by atoms with Crippen molar-refractivity contribution in [2.45, 2.75) is 16.4 Å². The van der Waals surface area contributed by atoms with Gasteiger partial charge in [0.2, 0.25) is 0 Å². The largest absolute Gasteiger partial charge is 0.348 e. The van der Waals surface area contributed by atoms with Gasteiger partial charge in [-0.2, -0.15) is 8.78 Å². The topological polar surface area (TPSA) is 0 Å². The molecule has 0 bridgehead atoms. The van der Waals surface area contributed by atoms with Crippen LogP contribution in [0.15, 0.2) is 0 Å². The smallest absolute Gasteiger partial charge is 0.218 e. The van der Waals surface area contributed by atoms with Gasteiger partial charge in [-0.3, -0.25) is 0 Å². The summed E-state index contributed by atoms with van der Waals surface area (Å²) in [7, 11) is 0. The maximum atomic E-state index is 12.6. The van der Waals surface area contributed by atoms with E-state index in [1.807, 2.05) is 15.9 Å². The maximum Gasteiger partial charge on any atom is 0.348 e. The molecule has 0 aliphatic carbocycles. The molecule has 0 saturated heterocycles. The highest BCUT2D eigenvalue weighted by Crippen LogP contribution is 2.43. The zero-order valence-corrected chi connectivity index (χ0v) is 9.18. The highest BCUT2D eigenvalue weighted by atomic mass is 127. The predicted octanol–water partition coefficient (Wildman–Crippen LogP) is 3.70. The average Bonchev–Trinajstić information content (AvgIpc) is 1.61. The van der Waals surface area contributed by atoms with Crippen molar-refractivity contribution in [2.24, 2.45) is 0 Å². The Morgan fingerprint density at radius 1 is 1.40 bits per heavy atom. The Morgan fingerprint density at radius 3 is 1.90 bits per heavy atom. The van der Waals surface area contributed by atoms with E-state index in [0.29, 0.717) is 0 Å². The lowest BCUT2D eigenvalue weighted by Crippen LogP contribution is -2.33. The van der Waals surface area contributed by atoms with Gasteiger partial charge in [0, 0.05) is 10.8 Å². The van der Waals surface area contributed by atoms with Crippen LogP contribution in [0, 0.1) is 0 Å². The van der Waals surface area contributed by atoms with Gasteiger partial charge < -0.3 is 0 Å². The van der Waals surface area contributed by atoms with Crippen LogP contribution in [0.25, 0.3) is 0 Å². The lowest BCUT2D eigenvalue weighted by molar-refractivity contribution is -0.00578. The Labute approximate surface area is 83.8 Å². The highest BCUT2D eigenvalue weighted by molar-refractivity contribution is 14.1. The second kappa shape index (κ2) is 3.80. The van der Waals surface area contributed by atoms with Gasteiger partial charge in [-0.15, -0.1) is 0 Å². The second-order valence-corrected chi connectivity index (χ2v) is 4.31. The quantitative estimate of drug-likeness (QED) is 0.537. The van der Waals surface area contributed by atoms with Gasteiger partial charge in [-0.1, -0.05) is 34.2 Å². The summed E-state index contributed by atoms with van der Waals surface area (Å²) >= 11 is 8.48. The molecule has 1 unspecified atom stereocenters. The predicted molar refractivity (Wildman–Crippen MR) is 47.1 cm³/mol. The molecule has 0 nitrogen and oxygen atoms in total. The van der Waals surface area contributed by atoms with Crippen LogP contribution in [0.1, 0.15) is 6.42 Å². The van der Waals surface area contributed by atoms with Crippen LogP contribution in [-0.4, -0.2) is 14.4 Å². The van der Waals surface area contributed by atoms with Gasteiger partial charge in [0.15, 0.2) is 0 Å². The van der Waals surface area contributed by atoms with E-state index < -0.39 is 9.96 Å². The third-order valence-corrected chi connectivity index (χ3v) is 2.65. The molecule has 0 fully saturated rings. The summed E-state index contributed by atoms with van der Waals surface area (Å²) in [5.41, 5.74) is 0. The minimum atomic E-state index is -3.65. The Hall–Kier alpha value is 1.29. The SMILES string of the molecule is FC(F)(Br)C(F)(Cl)CCI. The zero-order valence-electron chi connectivity index (χ0n) is 4.68. The molecule has 1 atom stereocenters. The molecule has 0 aromatic heterocycles. The molecule has 0 aliphatic rings. The molecule has 6 heteroatoms. The minimum absolute atomic E-state index is 0.249. The van der Waals surface area contributed by atoms with Gasteiger partial charge in [-0.05, 0) is 15.9 Å². The molecule has 62 valence electrons. The summed E-state index contributed by atoms with van der Waals surface area (Å²) in [6.45, 7) is 0. The molecule has 10 heavy (non-hydrogen) atoms. The van der Waals surface area contributed by atoms with Gasteiger partial charge in [0.25, 0.3) is 5.13 Å². The van der Waals surface area contributed by atoms with Crippen LogP contribution in [0.3, 0.4) is 0 Å². The fourth-order valence-corrected chi connectivity index (χ4v) is 1.62. The van der Waals surface area contributed by atoms with Gasteiger partial charge >= 0.3 is 4.83 Å². The van der Waals surface area contributed by atoms with Crippen molar-refractivity contribution in [3.8, 4) is 0 Å². The van der Waals surface area contributed by atoms with Gasteiger partial charge in [-0.25, -0.2) is 4.39 Å². The Bertz CT molecular complexity index is 114. The van der Waals surface area contributed by atoms with Crippen molar-refractivity contribution >= 4 is 50.1 Å². The third kappa shape index (κ3) is 3.13. The molecular formula is C4H4BrClF3I. The molecule has 0 aromatic rings. The van der Waals surface area contributed by atoms with E-state index in [4.69, 9.17) is 11.6 Å². The zero-order chi connectivity index (χ0) is 8.41. The van der Waals surface area contributed by atoms with E-state index in [9.17, 15) is 13.2 Å². The summed E-state index contributed by atoms with van der Waals surface area (Å²) in [6.07, 6.45) is -0.382. The molecule has 0 heterocycles. The summed E-state index contributed by atoms with van der Waals surface area (Å²) in [5, 5.41) is -2.96. The van der Waals surface area contributed by atoms with Crippen molar-refractivity contribution in [1.82, 2.24) is 0 Å². The first-order chi connectivity index (χ1) is 4.31. The lowest BCUT2D eigenvalue weighted by Gasteiger charge is -2.21. The Morgan fingerprint density at radius 2 is 1.80 bits per heavy atom. The van der Waals surface area contributed by atoms with Crippen molar-refractivity contribution in [3.05, 3.63) is 0 Å². The van der Waals surface area contributed by atoms with E-state index in [-0.39, 0.29) is 10.8 Å². The van der Waals surface area contributed by atoms with Crippen molar-refractivity contribution in [3.63, 3.8) is 0 Å². The number of alkyl halides is 6. The third-order valence-electron chi connectivity index (χ3n) is 0.823. The van der Waals surface area contributed by atoms with Crippen LogP contribution in [0.4, 0.5) is 13.2 Å². The minimum Gasteiger partial charge on any atom is -0.218 e. The molecule has 0 saturated carbocycles. The summed E-state index contributed by atoms with van der Waals surface area (Å²) in [5.74, 6) is 0. The fraction of sp³-hybridized carbons (Fsp3) is 1.00. The first-order valence-electron chi connectivity index (χ1n) is 2.32. The highest BCUT2D eigenvalue weighted by Gasteiger charge is 2.50.